The molecule has 3 rings (SSSR count). The Bertz CT molecular complexity index is 1010. The highest BCUT2D eigenvalue weighted by atomic mass is 16.5. The second-order valence-corrected chi connectivity index (χ2v) is 6.51. The van der Waals surface area contributed by atoms with Crippen LogP contribution in [0, 0.1) is 20.8 Å². The number of allylic oxidation sites excluding steroid dienone is 1. The minimum Gasteiger partial charge on any atom is -0.496 e. The van der Waals surface area contributed by atoms with Crippen LogP contribution >= 0.6 is 0 Å². The molecule has 1 aromatic heterocycles. The van der Waals surface area contributed by atoms with Crippen LogP contribution in [0.1, 0.15) is 29.2 Å². The number of rotatable bonds is 4. The number of fused-ring (bicyclic) bond motifs is 1. The van der Waals surface area contributed by atoms with E-state index in [0.29, 0.717) is 0 Å². The Hall–Kier alpha value is -3.01. The summed E-state index contributed by atoms with van der Waals surface area (Å²) in [5.41, 5.74) is 6.37. The molecule has 0 unspecified atom stereocenters. The van der Waals surface area contributed by atoms with Crippen molar-refractivity contribution in [2.45, 2.75) is 27.7 Å². The number of anilines is 1. The summed E-state index contributed by atoms with van der Waals surface area (Å²) in [6, 6.07) is 9.73. The highest BCUT2D eigenvalue weighted by molar-refractivity contribution is 6.05. The number of para-hydroxylation sites is 1. The first kappa shape index (κ1) is 17.8. The topological polar surface area (TPSA) is 51.5 Å². The van der Waals surface area contributed by atoms with Gasteiger partial charge in [-0.1, -0.05) is 18.2 Å². The molecule has 0 bridgehead atoms. The van der Waals surface area contributed by atoms with Crippen LogP contribution in [0.5, 0.6) is 5.75 Å². The van der Waals surface area contributed by atoms with Gasteiger partial charge in [0, 0.05) is 28.3 Å². The van der Waals surface area contributed by atoms with Crippen molar-refractivity contribution in [1.29, 1.82) is 0 Å². The number of hydrogen-bond donors (Lipinski definition) is 1. The number of aryl methyl sites for hydroxylation is 3. The fourth-order valence-electron chi connectivity index (χ4n) is 3.15. The number of furan rings is 1. The van der Waals surface area contributed by atoms with E-state index in [1.54, 1.807) is 19.4 Å². The van der Waals surface area contributed by atoms with Crippen molar-refractivity contribution in [1.82, 2.24) is 0 Å². The number of nitrogens with one attached hydrogen (secondary N) is 1. The van der Waals surface area contributed by atoms with Gasteiger partial charge in [0.25, 0.3) is 0 Å². The molecule has 1 amide bonds. The Labute approximate surface area is 153 Å². The third kappa shape index (κ3) is 3.23. The normalized spacial score (nSPS) is 11.7. The molecule has 0 aliphatic rings. The lowest BCUT2D eigenvalue weighted by Gasteiger charge is -2.13. The summed E-state index contributed by atoms with van der Waals surface area (Å²) in [6.45, 7) is 7.85. The molecular formula is C22H23NO3. The molecule has 1 N–H and O–H groups in total. The number of amides is 1. The van der Waals surface area contributed by atoms with Crippen LogP contribution < -0.4 is 10.1 Å². The predicted molar refractivity (Wildman–Crippen MR) is 106 cm³/mol. The summed E-state index contributed by atoms with van der Waals surface area (Å²) in [5.74, 6) is 0.560. The number of ether oxygens (including phenoxy) is 1. The molecule has 134 valence electrons. The molecule has 0 atom stereocenters. The summed E-state index contributed by atoms with van der Waals surface area (Å²) in [4.78, 5) is 12.5. The Morgan fingerprint density at radius 2 is 1.88 bits per heavy atom. The highest BCUT2D eigenvalue weighted by Gasteiger charge is 2.16. The van der Waals surface area contributed by atoms with Gasteiger partial charge in [0.05, 0.1) is 13.4 Å². The van der Waals surface area contributed by atoms with Gasteiger partial charge in [-0.15, -0.1) is 0 Å². The third-order valence-corrected chi connectivity index (χ3v) is 4.62. The van der Waals surface area contributed by atoms with Crippen LogP contribution in [-0.2, 0) is 4.79 Å². The van der Waals surface area contributed by atoms with E-state index < -0.39 is 0 Å². The van der Waals surface area contributed by atoms with E-state index in [1.807, 2.05) is 58.0 Å². The van der Waals surface area contributed by atoms with Gasteiger partial charge in [-0.3, -0.25) is 4.79 Å². The van der Waals surface area contributed by atoms with Crippen LogP contribution in [0.3, 0.4) is 0 Å². The van der Waals surface area contributed by atoms with Crippen molar-refractivity contribution < 1.29 is 13.9 Å². The van der Waals surface area contributed by atoms with Gasteiger partial charge in [0.2, 0.25) is 5.91 Å². The zero-order valence-electron chi connectivity index (χ0n) is 15.8. The number of benzene rings is 2. The van der Waals surface area contributed by atoms with E-state index in [4.69, 9.17) is 9.15 Å². The van der Waals surface area contributed by atoms with Crippen molar-refractivity contribution in [3.05, 3.63) is 64.9 Å². The number of carbonyl (C=O) groups excluding carboxylic acids is 1. The van der Waals surface area contributed by atoms with Crippen LogP contribution in [-0.4, -0.2) is 13.0 Å². The van der Waals surface area contributed by atoms with Crippen molar-refractivity contribution in [3.63, 3.8) is 0 Å². The average Bonchev–Trinajstić information content (AvgIpc) is 2.98. The molecule has 1 heterocycles. The smallest absolute Gasteiger partial charge is 0.248 e. The molecule has 0 aliphatic carbocycles. The van der Waals surface area contributed by atoms with E-state index in [0.717, 1.165) is 50.2 Å². The largest absolute Gasteiger partial charge is 0.496 e. The van der Waals surface area contributed by atoms with Gasteiger partial charge in [-0.25, -0.2) is 0 Å². The number of hydrogen-bond acceptors (Lipinski definition) is 3. The van der Waals surface area contributed by atoms with Crippen LogP contribution in [0.4, 0.5) is 5.69 Å². The summed E-state index contributed by atoms with van der Waals surface area (Å²) < 4.78 is 11.3. The standard InChI is InChI=1S/C22H23NO3/c1-13-8-6-7-9-19(13)23-20(24)10-14(2)17-11-18-15(3)12-26-22(18)16(4)21(17)25-5/h6-12H,1-5H3,(H,23,24)/b14-10+. The minimum absolute atomic E-state index is 0.166. The van der Waals surface area contributed by atoms with Crippen LogP contribution in [0.25, 0.3) is 16.5 Å². The molecule has 0 aliphatic heterocycles. The molecule has 4 heteroatoms. The maximum absolute atomic E-state index is 12.5. The molecule has 4 nitrogen and oxygen atoms in total. The Kier molecular flexibility index (Phi) is 4.85. The van der Waals surface area contributed by atoms with Gasteiger partial charge < -0.3 is 14.5 Å². The van der Waals surface area contributed by atoms with Crippen molar-refractivity contribution >= 4 is 28.1 Å². The monoisotopic (exact) mass is 349 g/mol. The predicted octanol–water partition coefficient (Wildman–Crippen LogP) is 5.41. The van der Waals surface area contributed by atoms with Gasteiger partial charge >= 0.3 is 0 Å². The van der Waals surface area contributed by atoms with Gasteiger partial charge in [0.1, 0.15) is 11.3 Å². The lowest BCUT2D eigenvalue weighted by molar-refractivity contribution is -0.111. The highest BCUT2D eigenvalue weighted by Crippen LogP contribution is 2.37. The first-order valence-corrected chi connectivity index (χ1v) is 8.53. The average molecular weight is 349 g/mol. The zero-order valence-corrected chi connectivity index (χ0v) is 15.8. The SMILES string of the molecule is COc1c(/C(C)=C/C(=O)Nc2ccccc2C)cc2c(C)coc2c1C. The van der Waals surface area contributed by atoms with E-state index in [-0.39, 0.29) is 5.91 Å². The third-order valence-electron chi connectivity index (χ3n) is 4.62. The van der Waals surface area contributed by atoms with E-state index in [9.17, 15) is 4.79 Å². The van der Waals surface area contributed by atoms with Crippen LogP contribution in [0.2, 0.25) is 0 Å². The summed E-state index contributed by atoms with van der Waals surface area (Å²) >= 11 is 0. The summed E-state index contributed by atoms with van der Waals surface area (Å²) in [5, 5.41) is 3.96. The fourth-order valence-corrected chi connectivity index (χ4v) is 3.15. The van der Waals surface area contributed by atoms with Crippen molar-refractivity contribution in [2.75, 3.05) is 12.4 Å². The number of methoxy groups -OCH3 is 1. The Morgan fingerprint density at radius 1 is 1.15 bits per heavy atom. The second kappa shape index (κ2) is 7.08. The lowest BCUT2D eigenvalue weighted by atomic mass is 9.98. The van der Waals surface area contributed by atoms with Crippen LogP contribution in [0.15, 0.2) is 47.1 Å². The quantitative estimate of drug-likeness (QED) is 0.641. The Balaban J connectivity index is 1.99. The molecule has 0 saturated heterocycles. The zero-order chi connectivity index (χ0) is 18.8. The molecule has 2 aromatic carbocycles. The van der Waals surface area contributed by atoms with Gasteiger partial charge in [-0.2, -0.15) is 0 Å². The lowest BCUT2D eigenvalue weighted by Crippen LogP contribution is -2.09. The first-order chi connectivity index (χ1) is 12.4. The van der Waals surface area contributed by atoms with E-state index in [1.165, 1.54) is 0 Å². The molecule has 0 spiro atoms. The van der Waals surface area contributed by atoms with E-state index >= 15 is 0 Å². The maximum Gasteiger partial charge on any atom is 0.248 e. The fraction of sp³-hybridized carbons (Fsp3) is 0.227. The molecular weight excluding hydrogens is 326 g/mol. The molecule has 26 heavy (non-hydrogen) atoms. The van der Waals surface area contributed by atoms with Gasteiger partial charge in [0.15, 0.2) is 0 Å². The first-order valence-electron chi connectivity index (χ1n) is 8.53. The summed E-state index contributed by atoms with van der Waals surface area (Å²) in [7, 11) is 1.63. The van der Waals surface area contributed by atoms with Crippen molar-refractivity contribution in [3.8, 4) is 5.75 Å². The second-order valence-electron chi connectivity index (χ2n) is 6.51. The number of carbonyl (C=O) groups is 1. The molecule has 3 aromatic rings. The summed E-state index contributed by atoms with van der Waals surface area (Å²) in [6.07, 6.45) is 3.34. The van der Waals surface area contributed by atoms with Gasteiger partial charge in [-0.05, 0) is 56.5 Å². The molecule has 0 radical (unpaired) electrons. The Morgan fingerprint density at radius 3 is 2.58 bits per heavy atom. The maximum atomic E-state index is 12.5. The molecule has 0 fully saturated rings. The molecule has 0 saturated carbocycles. The van der Waals surface area contributed by atoms with Crippen molar-refractivity contribution in [2.24, 2.45) is 0 Å². The van der Waals surface area contributed by atoms with E-state index in [2.05, 4.69) is 5.32 Å². The minimum atomic E-state index is -0.166.